The Kier molecular flexibility index (Phi) is 5.40. The lowest BCUT2D eigenvalue weighted by Crippen LogP contribution is -2.25. The van der Waals surface area contributed by atoms with Gasteiger partial charge in [-0.1, -0.05) is 30.9 Å². The van der Waals surface area contributed by atoms with Gasteiger partial charge in [-0.25, -0.2) is 0 Å². The molecule has 0 spiro atoms. The molecule has 0 aromatic carbocycles. The fourth-order valence-electron chi connectivity index (χ4n) is 2.03. The molecule has 1 aliphatic rings. The van der Waals surface area contributed by atoms with Gasteiger partial charge in [-0.2, -0.15) is 5.26 Å². The van der Waals surface area contributed by atoms with Crippen LogP contribution in [-0.4, -0.2) is 11.4 Å². The summed E-state index contributed by atoms with van der Waals surface area (Å²) >= 11 is 0. The van der Waals surface area contributed by atoms with Crippen molar-refractivity contribution >= 4 is 0 Å². The van der Waals surface area contributed by atoms with Crippen LogP contribution in [-0.2, 0) is 0 Å². The highest BCUT2D eigenvalue weighted by Crippen LogP contribution is 2.26. The van der Waals surface area contributed by atoms with Gasteiger partial charge >= 0.3 is 0 Å². The molecule has 0 amide bonds. The monoisotopic (exact) mass is 269 g/mol. The predicted octanol–water partition coefficient (Wildman–Crippen LogP) is 3.76. The maximum atomic E-state index is 9.17. The van der Waals surface area contributed by atoms with E-state index in [2.05, 4.69) is 25.8 Å². The minimum Gasteiger partial charge on any atom is -0.397 e. The van der Waals surface area contributed by atoms with Crippen molar-refractivity contribution < 1.29 is 0 Å². The fourth-order valence-corrected chi connectivity index (χ4v) is 2.03. The van der Waals surface area contributed by atoms with Crippen LogP contribution in [0.25, 0.3) is 0 Å². The Balaban J connectivity index is 2.55. The maximum Gasteiger partial charge on any atom is 0.102 e. The van der Waals surface area contributed by atoms with Gasteiger partial charge in [0.2, 0.25) is 0 Å². The van der Waals surface area contributed by atoms with E-state index in [0.717, 1.165) is 48.2 Å². The third-order valence-electron chi connectivity index (χ3n) is 3.58. The Morgan fingerprint density at radius 3 is 2.60 bits per heavy atom. The Labute approximate surface area is 122 Å². The van der Waals surface area contributed by atoms with Gasteiger partial charge in [0.15, 0.2) is 0 Å². The van der Waals surface area contributed by atoms with Gasteiger partial charge in [-0.05, 0) is 38.7 Å². The SMILES string of the molecule is C=C(C)C(=C)CCCCN1C=C(N)C(C)=C(C#N)C1=C. The molecule has 2 N–H and O–H groups in total. The Bertz CT molecular complexity index is 541. The number of unbranched alkanes of at least 4 members (excludes halogenated alkanes) is 1. The average molecular weight is 269 g/mol. The Morgan fingerprint density at radius 2 is 2.05 bits per heavy atom. The van der Waals surface area contributed by atoms with Crippen LogP contribution < -0.4 is 5.73 Å². The normalized spacial score (nSPS) is 14.9. The van der Waals surface area contributed by atoms with Crippen LogP contribution in [0.15, 0.2) is 59.6 Å². The predicted molar refractivity (Wildman–Crippen MR) is 84.2 cm³/mol. The standard InChI is InChI=1S/C17H23N3/c1-12(2)13(3)8-6-7-9-20-11-17(19)14(4)16(10-18)15(20)5/h11H,1,3,5-9,19H2,2,4H3. The van der Waals surface area contributed by atoms with Crippen molar-refractivity contribution in [2.24, 2.45) is 5.73 Å². The highest BCUT2D eigenvalue weighted by Gasteiger charge is 2.19. The summed E-state index contributed by atoms with van der Waals surface area (Å²) in [7, 11) is 0. The van der Waals surface area contributed by atoms with Crippen LogP contribution in [0.2, 0.25) is 0 Å². The van der Waals surface area contributed by atoms with E-state index in [1.165, 1.54) is 0 Å². The van der Waals surface area contributed by atoms with Crippen molar-refractivity contribution in [2.45, 2.75) is 33.1 Å². The molecule has 20 heavy (non-hydrogen) atoms. The van der Waals surface area contributed by atoms with E-state index in [4.69, 9.17) is 5.73 Å². The zero-order valence-electron chi connectivity index (χ0n) is 12.5. The lowest BCUT2D eigenvalue weighted by atomic mass is 10.0. The van der Waals surface area contributed by atoms with Crippen molar-refractivity contribution in [3.63, 3.8) is 0 Å². The van der Waals surface area contributed by atoms with Crippen molar-refractivity contribution in [3.05, 3.63) is 59.6 Å². The first-order valence-corrected chi connectivity index (χ1v) is 6.76. The summed E-state index contributed by atoms with van der Waals surface area (Å²) in [5.41, 5.74) is 10.8. The van der Waals surface area contributed by atoms with Crippen molar-refractivity contribution in [1.29, 1.82) is 5.26 Å². The Hall–Kier alpha value is -2.21. The van der Waals surface area contributed by atoms with Crippen LogP contribution in [0.4, 0.5) is 0 Å². The summed E-state index contributed by atoms with van der Waals surface area (Å²) in [5.74, 6) is 0. The number of nitriles is 1. The van der Waals surface area contributed by atoms with Crippen molar-refractivity contribution in [2.75, 3.05) is 6.54 Å². The molecule has 1 rings (SSSR count). The van der Waals surface area contributed by atoms with E-state index in [0.29, 0.717) is 11.3 Å². The molecule has 1 aliphatic heterocycles. The molecule has 0 fully saturated rings. The maximum absolute atomic E-state index is 9.17. The number of nitrogens with zero attached hydrogens (tertiary/aromatic N) is 2. The average Bonchev–Trinajstić information content (AvgIpc) is 2.40. The summed E-state index contributed by atoms with van der Waals surface area (Å²) in [6, 6.07) is 2.18. The number of allylic oxidation sites excluding steroid dienone is 4. The largest absolute Gasteiger partial charge is 0.397 e. The van der Waals surface area contributed by atoms with Gasteiger partial charge in [0.25, 0.3) is 0 Å². The van der Waals surface area contributed by atoms with Gasteiger partial charge in [0.05, 0.1) is 17.0 Å². The zero-order chi connectivity index (χ0) is 15.3. The molecular formula is C17H23N3. The molecule has 106 valence electrons. The summed E-state index contributed by atoms with van der Waals surface area (Å²) in [5, 5.41) is 9.17. The van der Waals surface area contributed by atoms with Crippen LogP contribution in [0.1, 0.15) is 33.1 Å². The van der Waals surface area contributed by atoms with E-state index in [-0.39, 0.29) is 0 Å². The third-order valence-corrected chi connectivity index (χ3v) is 3.58. The van der Waals surface area contributed by atoms with Crippen LogP contribution >= 0.6 is 0 Å². The smallest absolute Gasteiger partial charge is 0.102 e. The van der Waals surface area contributed by atoms with Crippen LogP contribution in [0.5, 0.6) is 0 Å². The molecule has 0 saturated carbocycles. The number of rotatable bonds is 6. The topological polar surface area (TPSA) is 53.0 Å². The first kappa shape index (κ1) is 15.8. The van der Waals surface area contributed by atoms with Crippen LogP contribution in [0, 0.1) is 11.3 Å². The van der Waals surface area contributed by atoms with E-state index < -0.39 is 0 Å². The van der Waals surface area contributed by atoms with E-state index in [9.17, 15) is 5.26 Å². The van der Waals surface area contributed by atoms with E-state index >= 15 is 0 Å². The number of nitrogens with two attached hydrogens (primary N) is 1. The number of hydrogen-bond donors (Lipinski definition) is 1. The molecular weight excluding hydrogens is 246 g/mol. The second-order valence-electron chi connectivity index (χ2n) is 5.18. The minimum atomic E-state index is 0.580. The second-order valence-corrected chi connectivity index (χ2v) is 5.18. The first-order valence-electron chi connectivity index (χ1n) is 6.76. The lowest BCUT2D eigenvalue weighted by molar-refractivity contribution is 0.445. The summed E-state index contributed by atoms with van der Waals surface area (Å²) < 4.78 is 0. The molecule has 3 nitrogen and oxygen atoms in total. The molecule has 0 saturated heterocycles. The number of hydrogen-bond acceptors (Lipinski definition) is 3. The van der Waals surface area contributed by atoms with Crippen molar-refractivity contribution in [3.8, 4) is 6.07 Å². The molecule has 0 radical (unpaired) electrons. The fraction of sp³-hybridized carbons (Fsp3) is 0.353. The highest BCUT2D eigenvalue weighted by molar-refractivity contribution is 5.52. The second kappa shape index (κ2) is 6.81. The molecule has 0 atom stereocenters. The quantitative estimate of drug-likeness (QED) is 0.590. The van der Waals surface area contributed by atoms with E-state index in [1.54, 1.807) is 0 Å². The van der Waals surface area contributed by atoms with Gasteiger partial charge < -0.3 is 10.6 Å². The van der Waals surface area contributed by atoms with Crippen molar-refractivity contribution in [1.82, 2.24) is 4.90 Å². The highest BCUT2D eigenvalue weighted by atomic mass is 15.1. The van der Waals surface area contributed by atoms with Gasteiger partial charge in [-0.3, -0.25) is 0 Å². The molecule has 0 unspecified atom stereocenters. The van der Waals surface area contributed by atoms with Gasteiger partial charge in [-0.15, -0.1) is 0 Å². The van der Waals surface area contributed by atoms with Gasteiger partial charge in [0, 0.05) is 12.7 Å². The summed E-state index contributed by atoms with van der Waals surface area (Å²) in [4.78, 5) is 1.96. The van der Waals surface area contributed by atoms with Crippen LogP contribution in [0.3, 0.4) is 0 Å². The molecule has 0 aromatic rings. The molecule has 0 aliphatic carbocycles. The summed E-state index contributed by atoms with van der Waals surface area (Å²) in [6.07, 6.45) is 4.85. The Morgan fingerprint density at radius 1 is 1.40 bits per heavy atom. The molecule has 1 heterocycles. The summed E-state index contributed by atoms with van der Waals surface area (Å²) in [6.45, 7) is 16.5. The molecule has 3 heteroatoms. The third kappa shape index (κ3) is 3.64. The molecule has 0 aromatic heterocycles. The zero-order valence-corrected chi connectivity index (χ0v) is 12.5. The lowest BCUT2D eigenvalue weighted by Gasteiger charge is -2.28. The minimum absolute atomic E-state index is 0.580. The molecule has 0 bridgehead atoms. The van der Waals surface area contributed by atoms with E-state index in [1.807, 2.05) is 24.9 Å². The van der Waals surface area contributed by atoms with Gasteiger partial charge in [0.1, 0.15) is 6.07 Å². The first-order chi connectivity index (χ1) is 9.38.